The first-order chi connectivity index (χ1) is 11.9. The van der Waals surface area contributed by atoms with E-state index in [4.69, 9.17) is 4.74 Å². The van der Waals surface area contributed by atoms with Crippen molar-refractivity contribution in [3.8, 4) is 5.75 Å². The number of hydrogen-bond donors (Lipinski definition) is 2. The number of para-hydroxylation sites is 1. The zero-order valence-corrected chi connectivity index (χ0v) is 15.3. The minimum atomic E-state index is -0.834. The van der Waals surface area contributed by atoms with Crippen molar-refractivity contribution in [1.29, 1.82) is 0 Å². The van der Waals surface area contributed by atoms with E-state index >= 15 is 0 Å². The number of benzene rings is 2. The lowest BCUT2D eigenvalue weighted by molar-refractivity contribution is -0.130. The van der Waals surface area contributed by atoms with Crippen LogP contribution in [0.4, 0.5) is 4.39 Å². The lowest BCUT2D eigenvalue weighted by Crippen LogP contribution is -2.50. The Kier molecular flexibility index (Phi) is 6.52. The number of ether oxygens (including phenoxy) is 1. The van der Waals surface area contributed by atoms with Gasteiger partial charge >= 0.3 is 0 Å². The van der Waals surface area contributed by atoms with Crippen LogP contribution in [-0.4, -0.2) is 17.9 Å². The third-order valence-electron chi connectivity index (χ3n) is 3.37. The Morgan fingerprint density at radius 1 is 1.04 bits per heavy atom. The average Bonchev–Trinajstić information content (AvgIpc) is 2.58. The van der Waals surface area contributed by atoms with Crippen molar-refractivity contribution in [2.75, 3.05) is 0 Å². The normalized spacial score (nSPS) is 11.7. The van der Waals surface area contributed by atoms with Crippen molar-refractivity contribution in [2.24, 2.45) is 5.92 Å². The maximum Gasteiger partial charge on any atom is 0.279 e. The van der Waals surface area contributed by atoms with Gasteiger partial charge in [-0.25, -0.2) is 4.39 Å². The van der Waals surface area contributed by atoms with E-state index in [0.29, 0.717) is 10.2 Å². The molecular weight excluding hydrogens is 391 g/mol. The molecule has 0 aliphatic rings. The molecule has 0 fully saturated rings. The molecule has 0 heterocycles. The van der Waals surface area contributed by atoms with Gasteiger partial charge in [-0.1, -0.05) is 38.1 Å². The van der Waals surface area contributed by atoms with E-state index < -0.39 is 23.7 Å². The molecule has 25 heavy (non-hydrogen) atoms. The van der Waals surface area contributed by atoms with Gasteiger partial charge in [0, 0.05) is 0 Å². The van der Waals surface area contributed by atoms with Crippen LogP contribution in [0.1, 0.15) is 24.2 Å². The maximum absolute atomic E-state index is 13.6. The highest BCUT2D eigenvalue weighted by atomic mass is 79.9. The van der Waals surface area contributed by atoms with Crippen LogP contribution in [0, 0.1) is 11.7 Å². The van der Waals surface area contributed by atoms with Crippen molar-refractivity contribution in [1.82, 2.24) is 10.9 Å². The summed E-state index contributed by atoms with van der Waals surface area (Å²) in [6.07, 6.45) is -0.834. The first-order valence-corrected chi connectivity index (χ1v) is 8.45. The van der Waals surface area contributed by atoms with Gasteiger partial charge in [0.15, 0.2) is 6.10 Å². The molecule has 2 rings (SSSR count). The Labute approximate surface area is 153 Å². The van der Waals surface area contributed by atoms with Gasteiger partial charge in [0.2, 0.25) is 0 Å². The fourth-order valence-corrected chi connectivity index (χ4v) is 2.45. The van der Waals surface area contributed by atoms with Crippen LogP contribution in [0.5, 0.6) is 5.75 Å². The van der Waals surface area contributed by atoms with E-state index in [-0.39, 0.29) is 11.5 Å². The number of hydrogen-bond acceptors (Lipinski definition) is 3. The lowest BCUT2D eigenvalue weighted by atomic mass is 10.1. The minimum absolute atomic E-state index is 0.155. The molecule has 1 atom stereocenters. The summed E-state index contributed by atoms with van der Waals surface area (Å²) in [6.45, 7) is 3.64. The highest BCUT2D eigenvalue weighted by molar-refractivity contribution is 9.10. The smallest absolute Gasteiger partial charge is 0.279 e. The monoisotopic (exact) mass is 408 g/mol. The van der Waals surface area contributed by atoms with E-state index in [1.54, 1.807) is 18.2 Å². The molecule has 0 unspecified atom stereocenters. The Balaban J connectivity index is 2.02. The van der Waals surface area contributed by atoms with Gasteiger partial charge in [0.25, 0.3) is 11.8 Å². The molecule has 0 spiro atoms. The van der Waals surface area contributed by atoms with E-state index in [1.807, 2.05) is 19.9 Å². The molecule has 0 saturated carbocycles. The fourth-order valence-electron chi connectivity index (χ4n) is 2.07. The molecule has 2 aromatic rings. The Morgan fingerprint density at radius 2 is 1.68 bits per heavy atom. The summed E-state index contributed by atoms with van der Waals surface area (Å²) in [4.78, 5) is 24.3. The van der Waals surface area contributed by atoms with Crippen LogP contribution in [0.25, 0.3) is 0 Å². The number of rotatable bonds is 5. The third kappa shape index (κ3) is 5.03. The second-order valence-corrected chi connectivity index (χ2v) is 6.49. The van der Waals surface area contributed by atoms with Gasteiger partial charge < -0.3 is 4.74 Å². The summed E-state index contributed by atoms with van der Waals surface area (Å²) in [5.41, 5.74) is 4.33. The summed E-state index contributed by atoms with van der Waals surface area (Å²) in [6, 6.07) is 12.6. The van der Waals surface area contributed by atoms with E-state index in [1.165, 1.54) is 24.3 Å². The zero-order valence-electron chi connectivity index (χ0n) is 13.8. The standard InChI is InChI=1S/C18H18BrFN2O3/c1-11(2)16(25-15-10-6-4-8-13(15)19)18(24)22-21-17(23)12-7-3-5-9-14(12)20/h3-11,16H,1-2H3,(H,21,23)(H,22,24)/t16-/m0/s1. The zero-order chi connectivity index (χ0) is 18.4. The third-order valence-corrected chi connectivity index (χ3v) is 4.03. The van der Waals surface area contributed by atoms with Gasteiger partial charge in [-0.3, -0.25) is 20.4 Å². The molecule has 0 radical (unpaired) electrons. The highest BCUT2D eigenvalue weighted by Gasteiger charge is 2.25. The van der Waals surface area contributed by atoms with Crippen molar-refractivity contribution < 1.29 is 18.7 Å². The molecule has 7 heteroatoms. The van der Waals surface area contributed by atoms with Crippen LogP contribution in [0.2, 0.25) is 0 Å². The molecule has 2 N–H and O–H groups in total. The van der Waals surface area contributed by atoms with Crippen molar-refractivity contribution in [2.45, 2.75) is 20.0 Å². The maximum atomic E-state index is 13.6. The predicted molar refractivity (Wildman–Crippen MR) is 95.4 cm³/mol. The summed E-state index contributed by atoms with van der Waals surface area (Å²) in [5.74, 6) is -1.58. The molecule has 5 nitrogen and oxygen atoms in total. The molecule has 0 aromatic heterocycles. The first-order valence-electron chi connectivity index (χ1n) is 7.66. The molecule has 0 aliphatic carbocycles. The summed E-state index contributed by atoms with van der Waals surface area (Å²) in [5, 5.41) is 0. The van der Waals surface area contributed by atoms with Crippen LogP contribution in [0.15, 0.2) is 53.0 Å². The molecule has 2 amide bonds. The lowest BCUT2D eigenvalue weighted by Gasteiger charge is -2.22. The van der Waals surface area contributed by atoms with Gasteiger partial charge in [-0.15, -0.1) is 0 Å². The number of carbonyl (C=O) groups excluding carboxylic acids is 2. The number of carbonyl (C=O) groups is 2. The first kappa shape index (κ1) is 18.9. The molecular formula is C18H18BrFN2O3. The summed E-state index contributed by atoms with van der Waals surface area (Å²) in [7, 11) is 0. The van der Waals surface area contributed by atoms with Crippen LogP contribution in [0.3, 0.4) is 0 Å². The number of amides is 2. The largest absolute Gasteiger partial charge is 0.479 e. The van der Waals surface area contributed by atoms with Gasteiger partial charge in [0.05, 0.1) is 10.0 Å². The van der Waals surface area contributed by atoms with Crippen molar-refractivity contribution in [3.63, 3.8) is 0 Å². The molecule has 2 aromatic carbocycles. The number of hydrazine groups is 1. The highest BCUT2D eigenvalue weighted by Crippen LogP contribution is 2.26. The van der Waals surface area contributed by atoms with E-state index in [2.05, 4.69) is 26.8 Å². The topological polar surface area (TPSA) is 67.4 Å². The van der Waals surface area contributed by atoms with Crippen molar-refractivity contribution in [3.05, 3.63) is 64.4 Å². The van der Waals surface area contributed by atoms with Crippen LogP contribution in [-0.2, 0) is 4.79 Å². The summed E-state index contributed by atoms with van der Waals surface area (Å²) >= 11 is 3.36. The second kappa shape index (κ2) is 8.62. The van der Waals surface area contributed by atoms with E-state index in [0.717, 1.165) is 0 Å². The fraction of sp³-hybridized carbons (Fsp3) is 0.222. The molecule has 132 valence electrons. The van der Waals surface area contributed by atoms with Gasteiger partial charge in [0.1, 0.15) is 11.6 Å². The van der Waals surface area contributed by atoms with Crippen LogP contribution < -0.4 is 15.6 Å². The Hall–Kier alpha value is -2.41. The summed E-state index contributed by atoms with van der Waals surface area (Å²) < 4.78 is 20.0. The van der Waals surface area contributed by atoms with Gasteiger partial charge in [-0.05, 0) is 46.1 Å². The Morgan fingerprint density at radius 3 is 2.32 bits per heavy atom. The second-order valence-electron chi connectivity index (χ2n) is 5.64. The average molecular weight is 409 g/mol. The van der Waals surface area contributed by atoms with Gasteiger partial charge in [-0.2, -0.15) is 0 Å². The predicted octanol–water partition coefficient (Wildman–Crippen LogP) is 3.45. The minimum Gasteiger partial charge on any atom is -0.479 e. The molecule has 0 aliphatic heterocycles. The quantitative estimate of drug-likeness (QED) is 0.744. The Bertz CT molecular complexity index is 767. The van der Waals surface area contributed by atoms with Crippen molar-refractivity contribution >= 4 is 27.7 Å². The number of halogens is 2. The number of nitrogens with one attached hydrogen (secondary N) is 2. The molecule has 0 bridgehead atoms. The molecule has 0 saturated heterocycles. The SMILES string of the molecule is CC(C)[C@H](Oc1ccccc1Br)C(=O)NNC(=O)c1ccccc1F. The van der Waals surface area contributed by atoms with E-state index in [9.17, 15) is 14.0 Å². The van der Waals surface area contributed by atoms with Crippen LogP contribution >= 0.6 is 15.9 Å².